The minimum absolute atomic E-state index is 0.512. The maximum absolute atomic E-state index is 3.43. The van der Waals surface area contributed by atoms with Crippen molar-refractivity contribution in [3.8, 4) is 0 Å². The molecule has 7 heavy (non-hydrogen) atoms. The predicted molar refractivity (Wildman–Crippen MR) is 33.1 cm³/mol. The fourth-order valence-corrected chi connectivity index (χ4v) is 1.23. The molecule has 3 heteroatoms. The number of nitrogens with zero attached hydrogens (tertiary/aromatic N) is 1. The van der Waals surface area contributed by atoms with Crippen molar-refractivity contribution >= 4 is 15.9 Å². The molecule has 42 valence electrons. The zero-order valence-electron chi connectivity index (χ0n) is 4.32. The molecule has 1 unspecified atom stereocenters. The third-order valence-electron chi connectivity index (χ3n) is 1.08. The topological polar surface area (TPSA) is 15.3 Å². The van der Waals surface area contributed by atoms with Crippen LogP contribution in [0.5, 0.6) is 0 Å². The highest BCUT2D eigenvalue weighted by atomic mass is 79.9. The third-order valence-corrected chi connectivity index (χ3v) is 1.74. The number of hydrazine groups is 1. The molecule has 0 amide bonds. The summed E-state index contributed by atoms with van der Waals surface area (Å²) in [6, 6.07) is 0. The van der Waals surface area contributed by atoms with Gasteiger partial charge in [-0.25, -0.2) is 10.4 Å². The first-order chi connectivity index (χ1) is 3.29. The van der Waals surface area contributed by atoms with Gasteiger partial charge in [0.25, 0.3) is 0 Å². The lowest BCUT2D eigenvalue weighted by Gasteiger charge is -2.05. The second-order valence-electron chi connectivity index (χ2n) is 1.81. The van der Waals surface area contributed by atoms with Gasteiger partial charge in [-0.15, -0.1) is 0 Å². The molecule has 0 aromatic carbocycles. The van der Waals surface area contributed by atoms with Crippen LogP contribution in [-0.2, 0) is 0 Å². The monoisotopic (exact) mass is 164 g/mol. The number of nitrogens with one attached hydrogen (secondary N) is 1. The van der Waals surface area contributed by atoms with E-state index in [1.165, 1.54) is 6.42 Å². The molecule has 0 aromatic rings. The molecule has 1 atom stereocenters. The quantitative estimate of drug-likeness (QED) is 0.416. The molecule has 2 nitrogen and oxygen atoms in total. The Morgan fingerprint density at radius 2 is 2.57 bits per heavy atom. The third kappa shape index (κ3) is 1.40. The van der Waals surface area contributed by atoms with Gasteiger partial charge in [0, 0.05) is 13.6 Å². The lowest BCUT2D eigenvalue weighted by Crippen LogP contribution is -2.28. The minimum atomic E-state index is 0.512. The summed E-state index contributed by atoms with van der Waals surface area (Å²) in [5.41, 5.74) is 3.17. The fraction of sp³-hybridized carbons (Fsp3) is 1.00. The van der Waals surface area contributed by atoms with Crippen LogP contribution in [0.25, 0.3) is 0 Å². The molecule has 0 aromatic heterocycles. The first kappa shape index (κ1) is 5.54. The SMILES string of the molecule is CN1CCC(Br)N1. The van der Waals surface area contributed by atoms with Gasteiger partial charge in [-0.05, 0) is 6.42 Å². The number of rotatable bonds is 0. The number of hydrogen-bond acceptors (Lipinski definition) is 2. The summed E-state index contributed by atoms with van der Waals surface area (Å²) >= 11 is 3.43. The van der Waals surface area contributed by atoms with E-state index in [1.807, 2.05) is 7.05 Å². The first-order valence-electron chi connectivity index (χ1n) is 2.40. The Hall–Kier alpha value is 0.400. The molecule has 0 saturated carbocycles. The van der Waals surface area contributed by atoms with E-state index in [9.17, 15) is 0 Å². The summed E-state index contributed by atoms with van der Waals surface area (Å²) in [6.07, 6.45) is 1.20. The van der Waals surface area contributed by atoms with E-state index < -0.39 is 0 Å². The van der Waals surface area contributed by atoms with Gasteiger partial charge >= 0.3 is 0 Å². The molecular formula is C4H9BrN2. The second kappa shape index (κ2) is 2.11. The fourth-order valence-electron chi connectivity index (χ4n) is 0.675. The van der Waals surface area contributed by atoms with E-state index in [0.29, 0.717) is 4.95 Å². The largest absolute Gasteiger partial charge is 0.246 e. The molecule has 1 rings (SSSR count). The predicted octanol–water partition coefficient (Wildman–Crippen LogP) is 0.548. The van der Waals surface area contributed by atoms with Crippen molar-refractivity contribution in [3.63, 3.8) is 0 Å². The summed E-state index contributed by atoms with van der Waals surface area (Å²) in [5, 5.41) is 2.08. The van der Waals surface area contributed by atoms with Gasteiger partial charge in [-0.1, -0.05) is 15.9 Å². The highest BCUT2D eigenvalue weighted by Gasteiger charge is 2.13. The standard InChI is InChI=1S/C4H9BrN2/c1-7-3-2-4(5)6-7/h4,6H,2-3H2,1H3. The normalized spacial score (nSPS) is 34.3. The smallest absolute Gasteiger partial charge is 0.0778 e. The minimum Gasteiger partial charge on any atom is -0.246 e. The molecule has 1 aliphatic heterocycles. The van der Waals surface area contributed by atoms with Crippen molar-refractivity contribution in [1.29, 1.82) is 0 Å². The Morgan fingerprint density at radius 3 is 2.71 bits per heavy atom. The van der Waals surface area contributed by atoms with E-state index in [1.54, 1.807) is 0 Å². The van der Waals surface area contributed by atoms with Crippen LogP contribution in [0, 0.1) is 0 Å². The van der Waals surface area contributed by atoms with Crippen LogP contribution in [0.3, 0.4) is 0 Å². The number of halogens is 1. The summed E-state index contributed by atoms with van der Waals surface area (Å²) in [5.74, 6) is 0. The lowest BCUT2D eigenvalue weighted by molar-refractivity contribution is 0.312. The van der Waals surface area contributed by atoms with Crippen LogP contribution in [-0.4, -0.2) is 23.6 Å². The van der Waals surface area contributed by atoms with Crippen molar-refractivity contribution in [1.82, 2.24) is 10.4 Å². The first-order valence-corrected chi connectivity index (χ1v) is 3.32. The van der Waals surface area contributed by atoms with Gasteiger partial charge in [-0.3, -0.25) is 0 Å². The Kier molecular flexibility index (Phi) is 1.67. The summed E-state index contributed by atoms with van der Waals surface area (Å²) in [4.78, 5) is 0.512. The van der Waals surface area contributed by atoms with Gasteiger partial charge in [0.15, 0.2) is 0 Å². The van der Waals surface area contributed by atoms with Crippen molar-refractivity contribution in [2.75, 3.05) is 13.6 Å². The summed E-state index contributed by atoms with van der Waals surface area (Å²) in [6.45, 7) is 1.15. The van der Waals surface area contributed by atoms with E-state index in [-0.39, 0.29) is 0 Å². The zero-order valence-corrected chi connectivity index (χ0v) is 5.90. The van der Waals surface area contributed by atoms with Crippen molar-refractivity contribution in [2.45, 2.75) is 11.4 Å². The molecule has 1 heterocycles. The second-order valence-corrected chi connectivity index (χ2v) is 2.91. The highest BCUT2D eigenvalue weighted by molar-refractivity contribution is 9.09. The molecule has 1 fully saturated rings. The molecule has 1 N–H and O–H groups in total. The molecule has 1 aliphatic rings. The van der Waals surface area contributed by atoms with Gasteiger partial charge < -0.3 is 0 Å². The van der Waals surface area contributed by atoms with Crippen LogP contribution < -0.4 is 5.43 Å². The maximum Gasteiger partial charge on any atom is 0.0778 e. The molecule has 0 bridgehead atoms. The summed E-state index contributed by atoms with van der Waals surface area (Å²) in [7, 11) is 2.04. The van der Waals surface area contributed by atoms with Crippen LogP contribution in [0.4, 0.5) is 0 Å². The molecule has 0 aliphatic carbocycles. The summed E-state index contributed by atoms with van der Waals surface area (Å²) < 4.78 is 0. The van der Waals surface area contributed by atoms with Crippen LogP contribution >= 0.6 is 15.9 Å². The molecule has 1 saturated heterocycles. The van der Waals surface area contributed by atoms with E-state index >= 15 is 0 Å². The van der Waals surface area contributed by atoms with Crippen molar-refractivity contribution in [3.05, 3.63) is 0 Å². The van der Waals surface area contributed by atoms with Crippen molar-refractivity contribution in [2.24, 2.45) is 0 Å². The molecule has 0 radical (unpaired) electrons. The van der Waals surface area contributed by atoms with Crippen LogP contribution in [0.15, 0.2) is 0 Å². The van der Waals surface area contributed by atoms with Gasteiger partial charge in [-0.2, -0.15) is 0 Å². The number of alkyl halides is 1. The highest BCUT2D eigenvalue weighted by Crippen LogP contribution is 2.07. The van der Waals surface area contributed by atoms with Gasteiger partial charge in [0.2, 0.25) is 0 Å². The van der Waals surface area contributed by atoms with E-state index in [0.717, 1.165) is 6.54 Å². The Morgan fingerprint density at radius 1 is 1.86 bits per heavy atom. The average Bonchev–Trinajstić information content (AvgIpc) is 1.87. The molecular weight excluding hydrogens is 156 g/mol. The Bertz CT molecular complexity index is 58.7. The van der Waals surface area contributed by atoms with Crippen LogP contribution in [0.2, 0.25) is 0 Å². The lowest BCUT2D eigenvalue weighted by atomic mass is 10.5. The average molecular weight is 165 g/mol. The maximum atomic E-state index is 3.43. The Balaban J connectivity index is 2.26. The Labute approximate surface area is 52.0 Å². The van der Waals surface area contributed by atoms with Gasteiger partial charge in [0.05, 0.1) is 4.95 Å². The zero-order chi connectivity index (χ0) is 5.28. The number of hydrogen-bond donors (Lipinski definition) is 1. The van der Waals surface area contributed by atoms with Crippen molar-refractivity contribution < 1.29 is 0 Å². The van der Waals surface area contributed by atoms with E-state index in [4.69, 9.17) is 0 Å². The van der Waals surface area contributed by atoms with E-state index in [2.05, 4.69) is 26.4 Å². The van der Waals surface area contributed by atoms with Gasteiger partial charge in [0.1, 0.15) is 0 Å². The molecule has 0 spiro atoms. The van der Waals surface area contributed by atoms with Crippen LogP contribution in [0.1, 0.15) is 6.42 Å².